The number of rotatable bonds is 10. The molecule has 1 N–H and O–H groups in total. The van der Waals surface area contributed by atoms with Crippen LogP contribution in [0.15, 0.2) is 84.0 Å². The third-order valence-electron chi connectivity index (χ3n) is 6.38. The highest BCUT2D eigenvalue weighted by atomic mass is 35.5. The van der Waals surface area contributed by atoms with Crippen LogP contribution in [-0.4, -0.2) is 39.3 Å². The van der Waals surface area contributed by atoms with Gasteiger partial charge in [-0.15, -0.1) is 0 Å². The predicted molar refractivity (Wildman–Crippen MR) is 147 cm³/mol. The van der Waals surface area contributed by atoms with Crippen LogP contribution in [0.3, 0.4) is 0 Å². The van der Waals surface area contributed by atoms with E-state index in [1.165, 1.54) is 43.0 Å². The summed E-state index contributed by atoms with van der Waals surface area (Å²) in [4.78, 5) is 54.6. The first-order chi connectivity index (χ1) is 18.7. The first kappa shape index (κ1) is 27.5. The van der Waals surface area contributed by atoms with Gasteiger partial charge >= 0.3 is 5.97 Å². The van der Waals surface area contributed by atoms with Crippen molar-refractivity contribution in [2.75, 3.05) is 7.11 Å². The number of benzene rings is 2. The Labute approximate surface area is 229 Å². The smallest absolute Gasteiger partial charge is 0.335 e. The molecule has 0 aliphatic carbocycles. The van der Waals surface area contributed by atoms with E-state index in [9.17, 15) is 19.2 Å². The number of Topliss-reactive ketones (excluding diaryl/α,β-unsaturated/α-hetero) is 2. The Morgan fingerprint density at radius 1 is 0.974 bits per heavy atom. The number of aromatic carboxylic acids is 1. The van der Waals surface area contributed by atoms with Crippen molar-refractivity contribution < 1.29 is 24.2 Å². The number of carbonyl (C=O) groups excluding carboxylic acids is 2. The molecule has 8 nitrogen and oxygen atoms in total. The van der Waals surface area contributed by atoms with Gasteiger partial charge in [0.25, 0.3) is 5.56 Å². The summed E-state index contributed by atoms with van der Waals surface area (Å²) in [5.41, 5.74) is 2.28. The van der Waals surface area contributed by atoms with Crippen molar-refractivity contribution >= 4 is 29.1 Å². The summed E-state index contributed by atoms with van der Waals surface area (Å²) < 4.78 is 6.94. The van der Waals surface area contributed by atoms with Gasteiger partial charge in [-0.3, -0.25) is 19.4 Å². The largest absolute Gasteiger partial charge is 0.495 e. The van der Waals surface area contributed by atoms with Gasteiger partial charge < -0.3 is 14.4 Å². The van der Waals surface area contributed by atoms with Crippen LogP contribution in [0.2, 0.25) is 5.02 Å². The number of methoxy groups -OCH3 is 1. The summed E-state index contributed by atoms with van der Waals surface area (Å²) >= 11 is 6.21. The Hall–Kier alpha value is -4.56. The summed E-state index contributed by atoms with van der Waals surface area (Å²) in [6.07, 6.45) is 4.88. The molecule has 2 heterocycles. The number of halogens is 1. The van der Waals surface area contributed by atoms with Crippen molar-refractivity contribution in [2.45, 2.75) is 25.8 Å². The minimum Gasteiger partial charge on any atom is -0.495 e. The zero-order valence-electron chi connectivity index (χ0n) is 21.3. The summed E-state index contributed by atoms with van der Waals surface area (Å²) in [5, 5.41) is 9.55. The molecule has 0 fully saturated rings. The van der Waals surface area contributed by atoms with Crippen molar-refractivity contribution in [3.63, 3.8) is 0 Å². The Morgan fingerprint density at radius 3 is 2.28 bits per heavy atom. The van der Waals surface area contributed by atoms with Crippen LogP contribution in [0, 0.1) is 0 Å². The standard InChI is InChI=1S/C30H25ClN2O6/c1-18(34)23-8-7-22(31)15-24(23)25-16-29(36)33(17-28(25)39-2)26(13-20-9-11-32-12-10-20)27(35)14-19-3-5-21(6-4-19)30(37)38/h3-12,15-17,26H,13-14H2,1-2H3,(H,37,38). The molecule has 2 aromatic carbocycles. The lowest BCUT2D eigenvalue weighted by Gasteiger charge is -2.21. The number of carbonyl (C=O) groups is 3. The molecular formula is C30H25ClN2O6. The number of ketones is 2. The van der Waals surface area contributed by atoms with Gasteiger partial charge in [-0.25, -0.2) is 4.79 Å². The monoisotopic (exact) mass is 544 g/mol. The van der Waals surface area contributed by atoms with E-state index < -0.39 is 17.6 Å². The number of hydrogen-bond donors (Lipinski definition) is 1. The normalized spacial score (nSPS) is 11.6. The molecular weight excluding hydrogens is 520 g/mol. The van der Waals surface area contributed by atoms with Crippen LogP contribution in [0.1, 0.15) is 44.8 Å². The minimum absolute atomic E-state index is 0.0189. The van der Waals surface area contributed by atoms with Crippen molar-refractivity contribution in [3.8, 4) is 16.9 Å². The maximum Gasteiger partial charge on any atom is 0.335 e. The predicted octanol–water partition coefficient (Wildman–Crippen LogP) is 5.07. The molecule has 4 rings (SSSR count). The lowest BCUT2D eigenvalue weighted by Crippen LogP contribution is -2.32. The number of carboxylic acids is 1. The Kier molecular flexibility index (Phi) is 8.36. The maximum absolute atomic E-state index is 13.6. The van der Waals surface area contributed by atoms with Crippen LogP contribution in [0.5, 0.6) is 5.75 Å². The molecule has 0 saturated heterocycles. The quantitative estimate of drug-likeness (QED) is 0.277. The SMILES string of the molecule is COc1cn(C(Cc2ccncc2)C(=O)Cc2ccc(C(=O)O)cc2)c(=O)cc1-c1cc(Cl)ccc1C(C)=O. The fraction of sp³-hybridized carbons (Fsp3) is 0.167. The zero-order chi connectivity index (χ0) is 28.1. The molecule has 0 spiro atoms. The van der Waals surface area contributed by atoms with Crippen molar-refractivity contribution in [2.24, 2.45) is 0 Å². The van der Waals surface area contributed by atoms with E-state index in [0.29, 0.717) is 27.3 Å². The lowest BCUT2D eigenvalue weighted by atomic mass is 9.95. The molecule has 0 bridgehead atoms. The van der Waals surface area contributed by atoms with Crippen LogP contribution in [-0.2, 0) is 17.6 Å². The Morgan fingerprint density at radius 2 is 1.67 bits per heavy atom. The van der Waals surface area contributed by atoms with E-state index in [-0.39, 0.29) is 35.7 Å². The third kappa shape index (κ3) is 6.30. The number of hydrogen-bond acceptors (Lipinski definition) is 6. The fourth-order valence-corrected chi connectivity index (χ4v) is 4.56. The van der Waals surface area contributed by atoms with Crippen LogP contribution in [0.25, 0.3) is 11.1 Å². The van der Waals surface area contributed by atoms with Gasteiger partial charge in [0.15, 0.2) is 11.6 Å². The molecule has 198 valence electrons. The molecule has 39 heavy (non-hydrogen) atoms. The molecule has 0 amide bonds. The molecule has 2 aromatic heterocycles. The van der Waals surface area contributed by atoms with Gasteiger partial charge in [0.05, 0.1) is 24.9 Å². The number of ether oxygens (including phenoxy) is 1. The number of aromatic nitrogens is 2. The molecule has 9 heteroatoms. The van der Waals surface area contributed by atoms with Crippen LogP contribution < -0.4 is 10.3 Å². The molecule has 1 unspecified atom stereocenters. The molecule has 1 atom stereocenters. The summed E-state index contributed by atoms with van der Waals surface area (Å²) in [6, 6.07) is 14.8. The number of nitrogens with zero attached hydrogens (tertiary/aromatic N) is 2. The summed E-state index contributed by atoms with van der Waals surface area (Å²) in [5.74, 6) is -1.22. The first-order valence-corrected chi connectivity index (χ1v) is 12.4. The highest BCUT2D eigenvalue weighted by Crippen LogP contribution is 2.34. The lowest BCUT2D eigenvalue weighted by molar-refractivity contribution is -0.121. The molecule has 0 aliphatic heterocycles. The molecule has 4 aromatic rings. The summed E-state index contributed by atoms with van der Waals surface area (Å²) in [7, 11) is 1.44. The Bertz CT molecular complexity index is 1600. The van der Waals surface area contributed by atoms with Crippen LogP contribution >= 0.6 is 11.6 Å². The topological polar surface area (TPSA) is 116 Å². The second-order valence-corrected chi connectivity index (χ2v) is 9.40. The number of pyridine rings is 2. The molecule has 0 radical (unpaired) electrons. The fourth-order valence-electron chi connectivity index (χ4n) is 4.39. The van der Waals surface area contributed by atoms with E-state index in [1.807, 2.05) is 0 Å². The maximum atomic E-state index is 13.6. The second-order valence-electron chi connectivity index (χ2n) is 8.97. The van der Waals surface area contributed by atoms with Crippen molar-refractivity contribution in [1.29, 1.82) is 0 Å². The van der Waals surface area contributed by atoms with E-state index in [1.54, 1.807) is 54.9 Å². The van der Waals surface area contributed by atoms with Crippen molar-refractivity contribution in [3.05, 3.63) is 117 Å². The highest BCUT2D eigenvalue weighted by Gasteiger charge is 2.25. The van der Waals surface area contributed by atoms with Gasteiger partial charge in [-0.2, -0.15) is 0 Å². The van der Waals surface area contributed by atoms with Gasteiger partial charge in [0, 0.05) is 47.5 Å². The van der Waals surface area contributed by atoms with Gasteiger partial charge in [-0.05, 0) is 66.1 Å². The molecule has 0 saturated carbocycles. The van der Waals surface area contributed by atoms with Crippen molar-refractivity contribution in [1.82, 2.24) is 9.55 Å². The minimum atomic E-state index is -1.06. The Balaban J connectivity index is 1.79. The van der Waals surface area contributed by atoms with Gasteiger partial charge in [-0.1, -0.05) is 23.7 Å². The highest BCUT2D eigenvalue weighted by molar-refractivity contribution is 6.31. The van der Waals surface area contributed by atoms with E-state index in [2.05, 4.69) is 4.98 Å². The average Bonchev–Trinajstić information content (AvgIpc) is 2.92. The first-order valence-electron chi connectivity index (χ1n) is 12.0. The number of carboxylic acid groups (broad SMARTS) is 1. The van der Waals surface area contributed by atoms with E-state index >= 15 is 0 Å². The average molecular weight is 545 g/mol. The van der Waals surface area contributed by atoms with E-state index in [0.717, 1.165) is 5.56 Å². The van der Waals surface area contributed by atoms with Gasteiger partial charge in [0.2, 0.25) is 0 Å². The van der Waals surface area contributed by atoms with E-state index in [4.69, 9.17) is 21.4 Å². The molecule has 0 aliphatic rings. The van der Waals surface area contributed by atoms with Crippen LogP contribution in [0.4, 0.5) is 0 Å². The van der Waals surface area contributed by atoms with Gasteiger partial charge in [0.1, 0.15) is 5.75 Å². The second kappa shape index (κ2) is 11.9. The third-order valence-corrected chi connectivity index (χ3v) is 6.62. The zero-order valence-corrected chi connectivity index (χ0v) is 22.0. The summed E-state index contributed by atoms with van der Waals surface area (Å²) in [6.45, 7) is 1.42.